The molecule has 128 valence electrons. The molecule has 3 rings (SSSR count). The average molecular weight is 354 g/mol. The summed E-state index contributed by atoms with van der Waals surface area (Å²) in [6.07, 6.45) is 0. The second kappa shape index (κ2) is 7.31. The number of amides is 2. The number of anilines is 2. The number of aromatic amines is 1. The second-order valence-corrected chi connectivity index (χ2v) is 6.46. The van der Waals surface area contributed by atoms with Crippen molar-refractivity contribution >= 4 is 34.0 Å². The van der Waals surface area contributed by atoms with Crippen molar-refractivity contribution in [3.05, 3.63) is 53.9 Å². The summed E-state index contributed by atoms with van der Waals surface area (Å²) in [4.78, 5) is 26.0. The van der Waals surface area contributed by atoms with Gasteiger partial charge in [-0.3, -0.25) is 19.6 Å². The Morgan fingerprint density at radius 1 is 1.20 bits per heavy atom. The minimum absolute atomic E-state index is 0.183. The Balaban J connectivity index is 1.73. The zero-order valence-corrected chi connectivity index (χ0v) is 14.7. The van der Waals surface area contributed by atoms with Crippen LogP contribution in [0.4, 0.5) is 10.8 Å². The maximum Gasteiger partial charge on any atom is 0.248 e. The molecule has 1 atom stereocenters. The lowest BCUT2D eigenvalue weighted by atomic mass is 10.1. The molecule has 0 aliphatic rings. The van der Waals surface area contributed by atoms with Gasteiger partial charge in [0.15, 0.2) is 5.82 Å². The molecule has 1 unspecified atom stereocenters. The van der Waals surface area contributed by atoms with Crippen LogP contribution in [0, 0.1) is 0 Å². The van der Waals surface area contributed by atoms with Gasteiger partial charge in [0, 0.05) is 13.0 Å². The minimum atomic E-state index is -0.645. The van der Waals surface area contributed by atoms with Gasteiger partial charge in [0.05, 0.1) is 10.7 Å². The van der Waals surface area contributed by atoms with Gasteiger partial charge in [-0.05, 0) is 30.0 Å². The zero-order valence-electron chi connectivity index (χ0n) is 13.9. The van der Waals surface area contributed by atoms with Gasteiger partial charge in [-0.15, -0.1) is 11.3 Å². The van der Waals surface area contributed by atoms with Crippen LogP contribution in [0.1, 0.15) is 13.8 Å². The Bertz CT molecular complexity index is 858. The number of H-pyrrole nitrogens is 1. The van der Waals surface area contributed by atoms with E-state index in [0.717, 1.165) is 16.3 Å². The monoisotopic (exact) mass is 354 g/mol. The number of nitrogens with one attached hydrogen (secondary N) is 2. The van der Waals surface area contributed by atoms with E-state index in [2.05, 4.69) is 15.5 Å². The average Bonchev–Trinajstić information content (AvgIpc) is 3.27. The van der Waals surface area contributed by atoms with Gasteiger partial charge in [0.2, 0.25) is 11.8 Å². The molecule has 7 heteroatoms. The molecule has 0 saturated carbocycles. The van der Waals surface area contributed by atoms with Crippen LogP contribution in [0.2, 0.25) is 0 Å². The van der Waals surface area contributed by atoms with Gasteiger partial charge in [-0.2, -0.15) is 5.10 Å². The topological polar surface area (TPSA) is 78.1 Å². The summed E-state index contributed by atoms with van der Waals surface area (Å²) >= 11 is 1.42. The van der Waals surface area contributed by atoms with Crippen LogP contribution in [-0.4, -0.2) is 28.1 Å². The Kier molecular flexibility index (Phi) is 4.95. The highest BCUT2D eigenvalue weighted by Gasteiger charge is 2.26. The first-order valence-electron chi connectivity index (χ1n) is 7.81. The van der Waals surface area contributed by atoms with Crippen LogP contribution in [0.15, 0.2) is 53.9 Å². The van der Waals surface area contributed by atoms with Gasteiger partial charge >= 0.3 is 0 Å². The van der Waals surface area contributed by atoms with Crippen LogP contribution >= 0.6 is 11.3 Å². The fourth-order valence-corrected chi connectivity index (χ4v) is 3.38. The maximum absolute atomic E-state index is 12.5. The fourth-order valence-electron chi connectivity index (χ4n) is 2.52. The molecule has 0 radical (unpaired) electrons. The first-order valence-corrected chi connectivity index (χ1v) is 8.69. The third-order valence-electron chi connectivity index (χ3n) is 3.76. The van der Waals surface area contributed by atoms with Crippen molar-refractivity contribution in [1.29, 1.82) is 0 Å². The smallest absolute Gasteiger partial charge is 0.248 e. The molecule has 25 heavy (non-hydrogen) atoms. The van der Waals surface area contributed by atoms with E-state index in [-0.39, 0.29) is 11.8 Å². The van der Waals surface area contributed by atoms with Crippen molar-refractivity contribution in [2.24, 2.45) is 0 Å². The molecular weight excluding hydrogens is 336 g/mol. The van der Waals surface area contributed by atoms with Crippen LogP contribution in [0.5, 0.6) is 0 Å². The highest BCUT2D eigenvalue weighted by atomic mass is 32.1. The van der Waals surface area contributed by atoms with Gasteiger partial charge in [-0.1, -0.05) is 30.3 Å². The molecule has 3 aromatic rings. The summed E-state index contributed by atoms with van der Waals surface area (Å²) in [5.41, 5.74) is 1.79. The van der Waals surface area contributed by atoms with Crippen LogP contribution in [0.25, 0.3) is 11.3 Å². The van der Waals surface area contributed by atoms with E-state index in [9.17, 15) is 9.59 Å². The van der Waals surface area contributed by atoms with Crippen LogP contribution in [0.3, 0.4) is 0 Å². The van der Waals surface area contributed by atoms with Crippen molar-refractivity contribution in [3.8, 4) is 11.3 Å². The summed E-state index contributed by atoms with van der Waals surface area (Å²) in [5.74, 6) is -0.0581. The summed E-state index contributed by atoms with van der Waals surface area (Å²) in [6, 6.07) is 14.5. The molecule has 1 aromatic carbocycles. The fraction of sp³-hybridized carbons (Fsp3) is 0.167. The maximum atomic E-state index is 12.5. The van der Waals surface area contributed by atoms with E-state index in [0.29, 0.717) is 5.82 Å². The van der Waals surface area contributed by atoms with Gasteiger partial charge in [-0.25, -0.2) is 0 Å². The summed E-state index contributed by atoms with van der Waals surface area (Å²) in [5, 5.41) is 12.4. The van der Waals surface area contributed by atoms with Crippen molar-refractivity contribution in [2.45, 2.75) is 19.9 Å². The van der Waals surface area contributed by atoms with Crippen molar-refractivity contribution < 1.29 is 9.59 Å². The number of hydrogen-bond donors (Lipinski definition) is 2. The van der Waals surface area contributed by atoms with Crippen LogP contribution in [-0.2, 0) is 9.59 Å². The summed E-state index contributed by atoms with van der Waals surface area (Å²) < 4.78 is 0. The molecule has 0 saturated heterocycles. The van der Waals surface area contributed by atoms with E-state index in [1.807, 2.05) is 47.8 Å². The van der Waals surface area contributed by atoms with Crippen molar-refractivity contribution in [3.63, 3.8) is 0 Å². The van der Waals surface area contributed by atoms with E-state index in [4.69, 9.17) is 0 Å². The lowest BCUT2D eigenvalue weighted by Crippen LogP contribution is -2.44. The molecule has 6 nitrogen and oxygen atoms in total. The Morgan fingerprint density at radius 3 is 2.60 bits per heavy atom. The number of carbonyl (C=O) groups is 2. The molecular formula is C18H18N4O2S. The van der Waals surface area contributed by atoms with Crippen molar-refractivity contribution in [1.82, 2.24) is 10.2 Å². The first-order chi connectivity index (χ1) is 12.1. The largest absolute Gasteiger partial charge is 0.307 e. The number of hydrogen-bond acceptors (Lipinski definition) is 4. The highest BCUT2D eigenvalue weighted by Crippen LogP contribution is 2.24. The van der Waals surface area contributed by atoms with Gasteiger partial charge in [0.1, 0.15) is 6.04 Å². The third-order valence-corrected chi connectivity index (χ3v) is 4.63. The van der Waals surface area contributed by atoms with Crippen molar-refractivity contribution in [2.75, 3.05) is 10.2 Å². The standard InChI is InChI=1S/C18H18N4O2S/c1-12(22(13(2)23)17-9-6-10-25-17)18(24)19-16-11-15(20-21-16)14-7-4-3-5-8-14/h3-12H,1-2H3,(H2,19,20,21,24). The van der Waals surface area contributed by atoms with E-state index in [1.165, 1.54) is 23.2 Å². The third kappa shape index (κ3) is 3.77. The second-order valence-electron chi connectivity index (χ2n) is 5.54. The zero-order chi connectivity index (χ0) is 17.8. The number of aromatic nitrogens is 2. The normalized spacial score (nSPS) is 11.8. The Labute approximate surface area is 149 Å². The molecule has 0 aliphatic heterocycles. The van der Waals surface area contributed by atoms with E-state index >= 15 is 0 Å². The minimum Gasteiger partial charge on any atom is -0.307 e. The molecule has 2 aromatic heterocycles. The summed E-state index contributed by atoms with van der Waals surface area (Å²) in [7, 11) is 0. The first kappa shape index (κ1) is 16.9. The SMILES string of the molecule is CC(=O)N(c1cccs1)C(C)C(=O)Nc1cc(-c2ccccc2)[nH]n1. The molecule has 2 heterocycles. The molecule has 0 aliphatic carbocycles. The predicted octanol–water partition coefficient (Wildman–Crippen LogP) is 3.52. The molecule has 0 spiro atoms. The lowest BCUT2D eigenvalue weighted by molar-refractivity contribution is -0.122. The molecule has 0 fully saturated rings. The highest BCUT2D eigenvalue weighted by molar-refractivity contribution is 7.14. The molecule has 2 amide bonds. The summed E-state index contributed by atoms with van der Waals surface area (Å²) in [6.45, 7) is 3.15. The van der Waals surface area contributed by atoms with Crippen LogP contribution < -0.4 is 10.2 Å². The van der Waals surface area contributed by atoms with Gasteiger partial charge < -0.3 is 5.32 Å². The lowest BCUT2D eigenvalue weighted by Gasteiger charge is -2.25. The number of nitrogens with zero attached hydrogens (tertiary/aromatic N) is 2. The number of benzene rings is 1. The quantitative estimate of drug-likeness (QED) is 0.736. The number of carbonyl (C=O) groups excluding carboxylic acids is 2. The number of thiophene rings is 1. The van der Waals surface area contributed by atoms with E-state index in [1.54, 1.807) is 13.0 Å². The predicted molar refractivity (Wildman–Crippen MR) is 99.6 cm³/mol. The molecule has 0 bridgehead atoms. The molecule has 2 N–H and O–H groups in total. The Hall–Kier alpha value is -2.93. The van der Waals surface area contributed by atoms with E-state index < -0.39 is 6.04 Å². The van der Waals surface area contributed by atoms with Gasteiger partial charge in [0.25, 0.3) is 0 Å². The number of rotatable bonds is 5. The Morgan fingerprint density at radius 2 is 1.96 bits per heavy atom.